The largest absolute Gasteiger partial charge is 0.473 e. The Labute approximate surface area is 148 Å². The average Bonchev–Trinajstić information content (AvgIpc) is 3.00. The minimum absolute atomic E-state index is 0.267. The highest BCUT2D eigenvalue weighted by Gasteiger charge is 2.28. The Kier molecular flexibility index (Phi) is 8.15. The molecule has 8 heteroatoms. The molecule has 0 aromatic carbocycles. The number of carboxylic acid groups (broad SMARTS) is 2. The minimum Gasteiger partial charge on any atom is -0.473 e. The van der Waals surface area contributed by atoms with Crippen molar-refractivity contribution < 1.29 is 29.3 Å². The molecule has 2 aliphatic rings. The Bertz CT molecular complexity index is 448. The lowest BCUT2D eigenvalue weighted by molar-refractivity contribution is -0.159. The van der Waals surface area contributed by atoms with Gasteiger partial charge in [0.05, 0.1) is 0 Å². The second kappa shape index (κ2) is 9.60. The molecule has 8 nitrogen and oxygen atoms in total. The predicted molar refractivity (Wildman–Crippen MR) is 91.5 cm³/mol. The quantitative estimate of drug-likeness (QED) is 0.647. The van der Waals surface area contributed by atoms with Crippen LogP contribution >= 0.6 is 0 Å². The van der Waals surface area contributed by atoms with Crippen molar-refractivity contribution >= 4 is 18.0 Å². The highest BCUT2D eigenvalue weighted by molar-refractivity contribution is 6.27. The number of hydrogen-bond donors (Lipinski definition) is 3. The van der Waals surface area contributed by atoms with E-state index in [1.165, 1.54) is 38.8 Å². The lowest BCUT2D eigenvalue weighted by Gasteiger charge is -2.35. The molecule has 2 fully saturated rings. The predicted octanol–water partition coefficient (Wildman–Crippen LogP) is 2.07. The lowest BCUT2D eigenvalue weighted by atomic mass is 9.90. The fraction of sp³-hybridized carbons (Fsp3) is 0.824. The van der Waals surface area contributed by atoms with Crippen LogP contribution in [0, 0.1) is 0 Å². The lowest BCUT2D eigenvalue weighted by Crippen LogP contribution is -2.44. The van der Waals surface area contributed by atoms with Gasteiger partial charge in [-0.25, -0.2) is 14.4 Å². The van der Waals surface area contributed by atoms with Gasteiger partial charge >= 0.3 is 18.0 Å². The molecular formula is C17H30N2O6. The first-order valence-corrected chi connectivity index (χ1v) is 8.78. The first-order valence-electron chi connectivity index (χ1n) is 8.78. The van der Waals surface area contributed by atoms with E-state index < -0.39 is 17.5 Å². The van der Waals surface area contributed by atoms with Crippen LogP contribution in [0.5, 0.6) is 0 Å². The molecule has 1 saturated carbocycles. The molecule has 0 unspecified atom stereocenters. The van der Waals surface area contributed by atoms with E-state index in [9.17, 15) is 4.79 Å². The Morgan fingerprint density at radius 1 is 0.960 bits per heavy atom. The number of rotatable bonds is 2. The molecular weight excluding hydrogens is 328 g/mol. The number of nitrogens with zero attached hydrogens (tertiary/aromatic N) is 1. The summed E-state index contributed by atoms with van der Waals surface area (Å²) in [6, 6.07) is 1.05. The molecule has 144 valence electrons. The zero-order chi connectivity index (χ0) is 19.0. The molecule has 0 aromatic rings. The van der Waals surface area contributed by atoms with Crippen molar-refractivity contribution in [2.24, 2.45) is 0 Å². The number of aliphatic carboxylic acids is 2. The van der Waals surface area contributed by atoms with Crippen LogP contribution in [-0.2, 0) is 14.3 Å². The van der Waals surface area contributed by atoms with E-state index in [2.05, 4.69) is 10.2 Å². The second-order valence-electron chi connectivity index (χ2n) is 7.51. The fourth-order valence-corrected chi connectivity index (χ4v) is 3.17. The summed E-state index contributed by atoms with van der Waals surface area (Å²) in [4.78, 5) is 32.5. The van der Waals surface area contributed by atoms with Crippen LogP contribution in [0.3, 0.4) is 0 Å². The van der Waals surface area contributed by atoms with E-state index in [1.54, 1.807) is 0 Å². The maximum absolute atomic E-state index is 11.7. The number of carbonyl (C=O) groups is 3. The van der Waals surface area contributed by atoms with Gasteiger partial charge in [0, 0.05) is 12.1 Å². The third kappa shape index (κ3) is 8.72. The highest BCUT2D eigenvalue weighted by atomic mass is 16.6. The number of alkyl carbamates (subject to hydrolysis) is 1. The molecule has 1 aliphatic carbocycles. The molecule has 1 amide bonds. The van der Waals surface area contributed by atoms with E-state index in [-0.39, 0.29) is 6.09 Å². The van der Waals surface area contributed by atoms with E-state index in [0.29, 0.717) is 6.04 Å². The molecule has 2 rings (SSSR count). The SMILES string of the molecule is CC(C)(C)OC(=O)NC1CCC(N2CCCC2)CC1.O=C(O)C(=O)O. The molecule has 1 heterocycles. The number of ether oxygens (including phenoxy) is 1. The Morgan fingerprint density at radius 3 is 1.84 bits per heavy atom. The summed E-state index contributed by atoms with van der Waals surface area (Å²) in [7, 11) is 0. The summed E-state index contributed by atoms with van der Waals surface area (Å²) in [6.45, 7) is 8.24. The summed E-state index contributed by atoms with van der Waals surface area (Å²) >= 11 is 0. The van der Waals surface area contributed by atoms with Gasteiger partial charge in [0.1, 0.15) is 5.60 Å². The van der Waals surface area contributed by atoms with Gasteiger partial charge in [-0.1, -0.05) is 0 Å². The van der Waals surface area contributed by atoms with E-state index in [1.807, 2.05) is 20.8 Å². The third-order valence-corrected chi connectivity index (χ3v) is 4.26. The number of likely N-dealkylation sites (tertiary alicyclic amines) is 1. The van der Waals surface area contributed by atoms with Gasteiger partial charge in [-0.3, -0.25) is 0 Å². The van der Waals surface area contributed by atoms with Gasteiger partial charge in [0.25, 0.3) is 0 Å². The summed E-state index contributed by atoms with van der Waals surface area (Å²) in [5.74, 6) is -3.65. The summed E-state index contributed by atoms with van der Waals surface area (Å²) in [5.41, 5.74) is -0.406. The summed E-state index contributed by atoms with van der Waals surface area (Å²) < 4.78 is 5.31. The molecule has 0 bridgehead atoms. The molecule has 1 saturated heterocycles. The smallest absolute Gasteiger partial charge is 0.414 e. The van der Waals surface area contributed by atoms with Gasteiger partial charge in [0.2, 0.25) is 0 Å². The maximum Gasteiger partial charge on any atom is 0.414 e. The topological polar surface area (TPSA) is 116 Å². The molecule has 3 N–H and O–H groups in total. The van der Waals surface area contributed by atoms with Gasteiger partial charge in [-0.2, -0.15) is 0 Å². The van der Waals surface area contributed by atoms with Crippen LogP contribution in [-0.4, -0.2) is 63.9 Å². The minimum atomic E-state index is -1.82. The number of hydrogen-bond acceptors (Lipinski definition) is 5. The molecule has 0 radical (unpaired) electrons. The number of nitrogens with one attached hydrogen (secondary N) is 1. The van der Waals surface area contributed by atoms with E-state index >= 15 is 0 Å². The van der Waals surface area contributed by atoms with E-state index in [0.717, 1.165) is 18.9 Å². The van der Waals surface area contributed by atoms with Crippen molar-refractivity contribution in [2.45, 2.75) is 77.0 Å². The van der Waals surface area contributed by atoms with Crippen molar-refractivity contribution in [2.75, 3.05) is 13.1 Å². The Morgan fingerprint density at radius 2 is 1.44 bits per heavy atom. The molecule has 0 atom stereocenters. The van der Waals surface area contributed by atoms with Crippen LogP contribution in [0.15, 0.2) is 0 Å². The highest BCUT2D eigenvalue weighted by Crippen LogP contribution is 2.26. The first-order chi connectivity index (χ1) is 11.6. The van der Waals surface area contributed by atoms with Crippen molar-refractivity contribution in [3.05, 3.63) is 0 Å². The molecule has 0 aromatic heterocycles. The van der Waals surface area contributed by atoms with Crippen molar-refractivity contribution in [3.63, 3.8) is 0 Å². The molecule has 25 heavy (non-hydrogen) atoms. The summed E-state index contributed by atoms with van der Waals surface area (Å²) in [5, 5.41) is 17.8. The van der Waals surface area contributed by atoms with Crippen LogP contribution in [0.1, 0.15) is 59.3 Å². The number of carboxylic acids is 2. The van der Waals surface area contributed by atoms with Crippen molar-refractivity contribution in [1.29, 1.82) is 0 Å². The number of carbonyl (C=O) groups excluding carboxylic acids is 1. The molecule has 0 spiro atoms. The average molecular weight is 358 g/mol. The Hall–Kier alpha value is -1.83. The second-order valence-corrected chi connectivity index (χ2v) is 7.51. The fourth-order valence-electron chi connectivity index (χ4n) is 3.17. The zero-order valence-corrected chi connectivity index (χ0v) is 15.3. The zero-order valence-electron chi connectivity index (χ0n) is 15.3. The third-order valence-electron chi connectivity index (χ3n) is 4.26. The normalized spacial score (nSPS) is 24.0. The van der Waals surface area contributed by atoms with Crippen LogP contribution in [0.25, 0.3) is 0 Å². The van der Waals surface area contributed by atoms with E-state index in [4.69, 9.17) is 24.5 Å². The maximum atomic E-state index is 11.7. The standard InChI is InChI=1S/C15H28N2O2.C2H2O4/c1-15(2,3)19-14(18)16-12-6-8-13(9-7-12)17-10-4-5-11-17;3-1(4)2(5)6/h12-13H,4-11H2,1-3H3,(H,16,18);(H,3,4)(H,5,6). The van der Waals surface area contributed by atoms with Gasteiger partial charge in [-0.05, 0) is 72.4 Å². The first kappa shape index (κ1) is 21.2. The van der Waals surface area contributed by atoms with Crippen molar-refractivity contribution in [3.8, 4) is 0 Å². The van der Waals surface area contributed by atoms with Gasteiger partial charge in [-0.15, -0.1) is 0 Å². The van der Waals surface area contributed by atoms with Gasteiger partial charge < -0.3 is 25.2 Å². The van der Waals surface area contributed by atoms with Crippen LogP contribution < -0.4 is 5.32 Å². The van der Waals surface area contributed by atoms with Crippen molar-refractivity contribution in [1.82, 2.24) is 10.2 Å². The van der Waals surface area contributed by atoms with Crippen LogP contribution in [0.4, 0.5) is 4.79 Å². The van der Waals surface area contributed by atoms with Gasteiger partial charge in [0.15, 0.2) is 0 Å². The summed E-state index contributed by atoms with van der Waals surface area (Å²) in [6.07, 6.45) is 7.03. The Balaban J connectivity index is 0.000000450. The van der Waals surface area contributed by atoms with Crippen LogP contribution in [0.2, 0.25) is 0 Å². The monoisotopic (exact) mass is 358 g/mol. The number of amides is 1. The molecule has 1 aliphatic heterocycles.